The van der Waals surface area contributed by atoms with Gasteiger partial charge in [0, 0.05) is 6.54 Å². The van der Waals surface area contributed by atoms with Gasteiger partial charge >= 0.3 is 0 Å². The molecule has 26 heavy (non-hydrogen) atoms. The minimum absolute atomic E-state index is 0.188. The van der Waals surface area contributed by atoms with Gasteiger partial charge in [0.25, 0.3) is 5.17 Å². The summed E-state index contributed by atoms with van der Waals surface area (Å²) in [5.41, 5.74) is 10.1. The summed E-state index contributed by atoms with van der Waals surface area (Å²) in [6, 6.07) is 4.28. The minimum Gasteiger partial charge on any atom is -0.432 e. The number of nitrogens with one attached hydrogen (secondary N) is 1. The average Bonchev–Trinajstić information content (AvgIpc) is 2.53. The summed E-state index contributed by atoms with van der Waals surface area (Å²) in [6.07, 6.45) is 2.74. The molecule has 4 nitrogen and oxygen atoms in total. The van der Waals surface area contributed by atoms with E-state index < -0.39 is 0 Å². The lowest BCUT2D eigenvalue weighted by atomic mass is 9.90. The molecule has 1 unspecified atom stereocenters. The van der Waals surface area contributed by atoms with Gasteiger partial charge in [-0.2, -0.15) is 0 Å². The highest BCUT2D eigenvalue weighted by Crippen LogP contribution is 2.24. The first kappa shape index (κ1) is 22.9. The molecule has 0 fully saturated rings. The van der Waals surface area contributed by atoms with Crippen LogP contribution in [0.3, 0.4) is 0 Å². The predicted octanol–water partition coefficient (Wildman–Crippen LogP) is 4.16. The third-order valence-electron chi connectivity index (χ3n) is 4.65. The van der Waals surface area contributed by atoms with Gasteiger partial charge in [-0.25, -0.2) is 0 Å². The van der Waals surface area contributed by atoms with Crippen molar-refractivity contribution in [2.75, 3.05) is 20.1 Å². The molecule has 0 aliphatic heterocycles. The molecule has 148 valence electrons. The van der Waals surface area contributed by atoms with Gasteiger partial charge in [0.1, 0.15) is 5.75 Å². The normalized spacial score (nSPS) is 13.0. The maximum Gasteiger partial charge on any atom is 0.263 e. The van der Waals surface area contributed by atoms with E-state index in [9.17, 15) is 0 Å². The summed E-state index contributed by atoms with van der Waals surface area (Å²) < 4.78 is 5.86. The van der Waals surface area contributed by atoms with Crippen molar-refractivity contribution in [2.24, 2.45) is 11.1 Å². The van der Waals surface area contributed by atoms with Gasteiger partial charge in [-0.15, -0.1) is 0 Å². The molecule has 0 saturated carbocycles. The highest BCUT2D eigenvalue weighted by Gasteiger charge is 2.15. The van der Waals surface area contributed by atoms with Crippen molar-refractivity contribution in [2.45, 2.75) is 67.0 Å². The third-order valence-corrected chi connectivity index (χ3v) is 4.85. The van der Waals surface area contributed by atoms with E-state index in [4.69, 9.17) is 22.7 Å². The summed E-state index contributed by atoms with van der Waals surface area (Å²) in [5, 5.41) is 3.43. The van der Waals surface area contributed by atoms with Gasteiger partial charge in [-0.1, -0.05) is 33.8 Å². The monoisotopic (exact) mass is 379 g/mol. The maximum atomic E-state index is 6.13. The van der Waals surface area contributed by atoms with Gasteiger partial charge < -0.3 is 20.7 Å². The zero-order valence-corrected chi connectivity index (χ0v) is 18.4. The molecule has 0 aliphatic carbocycles. The smallest absolute Gasteiger partial charge is 0.263 e. The largest absolute Gasteiger partial charge is 0.432 e. The Kier molecular flexibility index (Phi) is 9.01. The molecule has 0 bridgehead atoms. The number of nitrogens with zero attached hydrogens (tertiary/aromatic N) is 1. The van der Waals surface area contributed by atoms with Crippen LogP contribution in [0, 0.1) is 19.3 Å². The average molecular weight is 380 g/mol. The Balaban J connectivity index is 2.63. The highest BCUT2D eigenvalue weighted by molar-refractivity contribution is 7.80. The molecule has 0 heterocycles. The summed E-state index contributed by atoms with van der Waals surface area (Å²) in [6.45, 7) is 15.1. The Morgan fingerprint density at radius 3 is 2.50 bits per heavy atom. The van der Waals surface area contributed by atoms with E-state index >= 15 is 0 Å². The second kappa shape index (κ2) is 10.2. The molecule has 0 aromatic heterocycles. The number of nitrogens with two attached hydrogens (primary N) is 1. The van der Waals surface area contributed by atoms with E-state index in [1.165, 1.54) is 11.1 Å². The topological polar surface area (TPSA) is 50.5 Å². The third kappa shape index (κ3) is 8.47. The lowest BCUT2D eigenvalue weighted by Crippen LogP contribution is -2.43. The molecule has 0 radical (unpaired) electrons. The fourth-order valence-corrected chi connectivity index (χ4v) is 2.88. The summed E-state index contributed by atoms with van der Waals surface area (Å²) in [5.74, 6) is 0.801. The number of hydrogen-bond donors (Lipinski definition) is 2. The van der Waals surface area contributed by atoms with Gasteiger partial charge in [0.15, 0.2) is 0 Å². The van der Waals surface area contributed by atoms with Crippen LogP contribution in [0.5, 0.6) is 5.75 Å². The van der Waals surface area contributed by atoms with Crippen LogP contribution in [0.1, 0.15) is 57.2 Å². The zero-order chi connectivity index (χ0) is 19.9. The van der Waals surface area contributed by atoms with Crippen molar-refractivity contribution in [1.29, 1.82) is 0 Å². The molecule has 0 saturated heterocycles. The van der Waals surface area contributed by atoms with E-state index in [0.717, 1.165) is 43.7 Å². The molecule has 0 spiro atoms. The van der Waals surface area contributed by atoms with Crippen LogP contribution in [0.15, 0.2) is 12.1 Å². The molecule has 1 rings (SSSR count). The van der Waals surface area contributed by atoms with Crippen molar-refractivity contribution in [3.8, 4) is 5.75 Å². The predicted molar refractivity (Wildman–Crippen MR) is 116 cm³/mol. The number of benzene rings is 1. The van der Waals surface area contributed by atoms with Crippen molar-refractivity contribution in [3.05, 3.63) is 28.8 Å². The Labute approximate surface area is 165 Å². The number of hydrogen-bond acceptors (Lipinski definition) is 4. The summed E-state index contributed by atoms with van der Waals surface area (Å²) in [7, 11) is 2.15. The SMILES string of the molecule is CCN(C)CCc1cc(C)c(OC(=S)NC(N)CCC(C)(C)C)cc1C. The van der Waals surface area contributed by atoms with E-state index in [0.29, 0.717) is 5.17 Å². The maximum absolute atomic E-state index is 6.13. The van der Waals surface area contributed by atoms with Gasteiger partial charge in [0.2, 0.25) is 0 Å². The number of aryl methyl sites for hydroxylation is 2. The quantitative estimate of drug-likeness (QED) is 0.525. The molecule has 1 aromatic rings. The van der Waals surface area contributed by atoms with Gasteiger partial charge in [-0.05, 0) is 87.1 Å². The number of rotatable bonds is 8. The van der Waals surface area contributed by atoms with Crippen molar-refractivity contribution < 1.29 is 4.74 Å². The molecular weight excluding hydrogens is 342 g/mol. The molecule has 0 amide bonds. The molecule has 1 atom stereocenters. The number of ether oxygens (including phenoxy) is 1. The molecule has 0 aliphatic rings. The van der Waals surface area contributed by atoms with E-state index in [-0.39, 0.29) is 11.6 Å². The highest BCUT2D eigenvalue weighted by atomic mass is 32.1. The van der Waals surface area contributed by atoms with Crippen molar-refractivity contribution in [3.63, 3.8) is 0 Å². The van der Waals surface area contributed by atoms with Crippen molar-refractivity contribution >= 4 is 17.4 Å². The molecule has 5 heteroatoms. The molecular formula is C21H37N3OS. The van der Waals surface area contributed by atoms with Crippen LogP contribution in [-0.4, -0.2) is 36.4 Å². The van der Waals surface area contributed by atoms with Crippen LogP contribution in [-0.2, 0) is 6.42 Å². The second-order valence-corrected chi connectivity index (χ2v) is 8.80. The van der Waals surface area contributed by atoms with Crippen LogP contribution in [0.4, 0.5) is 0 Å². The van der Waals surface area contributed by atoms with Gasteiger partial charge in [0.05, 0.1) is 6.17 Å². The summed E-state index contributed by atoms with van der Waals surface area (Å²) in [4.78, 5) is 2.32. The Bertz CT molecular complexity index is 596. The van der Waals surface area contributed by atoms with Crippen LogP contribution < -0.4 is 15.8 Å². The number of thiocarbonyl (C=S) groups is 1. The second-order valence-electron chi connectivity index (χ2n) is 8.43. The molecule has 3 N–H and O–H groups in total. The molecule has 1 aromatic carbocycles. The fourth-order valence-electron chi connectivity index (χ4n) is 2.64. The lowest BCUT2D eigenvalue weighted by Gasteiger charge is -2.22. The Morgan fingerprint density at radius 2 is 1.92 bits per heavy atom. The van der Waals surface area contributed by atoms with E-state index in [1.807, 2.05) is 0 Å². The first-order valence-electron chi connectivity index (χ1n) is 9.54. The van der Waals surface area contributed by atoms with E-state index in [1.54, 1.807) is 0 Å². The Morgan fingerprint density at radius 1 is 1.27 bits per heavy atom. The standard InChI is InChI=1S/C21H37N3OS/c1-8-24(7)12-10-17-13-16(3)18(14-15(17)2)25-20(26)23-19(22)9-11-21(4,5)6/h13-14,19H,8-12,22H2,1-7H3,(H,23,26). The Hall–Kier alpha value is -1.17. The van der Waals surface area contributed by atoms with Gasteiger partial charge in [-0.3, -0.25) is 0 Å². The first-order valence-corrected chi connectivity index (χ1v) is 9.95. The van der Waals surface area contributed by atoms with Crippen LogP contribution in [0.2, 0.25) is 0 Å². The van der Waals surface area contributed by atoms with Crippen LogP contribution in [0.25, 0.3) is 0 Å². The van der Waals surface area contributed by atoms with E-state index in [2.05, 4.69) is 70.9 Å². The fraction of sp³-hybridized carbons (Fsp3) is 0.667. The minimum atomic E-state index is -0.188. The van der Waals surface area contributed by atoms with Crippen LogP contribution >= 0.6 is 12.2 Å². The summed E-state index contributed by atoms with van der Waals surface area (Å²) >= 11 is 5.34. The zero-order valence-electron chi connectivity index (χ0n) is 17.6. The lowest BCUT2D eigenvalue weighted by molar-refractivity contribution is 0.339. The van der Waals surface area contributed by atoms with Crippen molar-refractivity contribution in [1.82, 2.24) is 10.2 Å². The number of likely N-dealkylation sites (N-methyl/N-ethyl adjacent to an activating group) is 1. The first-order chi connectivity index (χ1) is 12.0.